The Labute approximate surface area is 275 Å². The summed E-state index contributed by atoms with van der Waals surface area (Å²) in [6, 6.07) is 53.7. The minimum Gasteiger partial charge on any atom is -0.208 e. The molecule has 1 aliphatic rings. The molecule has 0 saturated carbocycles. The van der Waals surface area contributed by atoms with E-state index in [1.165, 1.54) is 58.8 Å². The third-order valence-corrected chi connectivity index (χ3v) is 10.4. The third-order valence-electron chi connectivity index (χ3n) is 9.28. The summed E-state index contributed by atoms with van der Waals surface area (Å²) < 4.78 is 2.49. The number of thiophene rings is 1. The van der Waals surface area contributed by atoms with E-state index in [0.29, 0.717) is 17.5 Å². The molecule has 0 bridgehead atoms. The number of hydrogen-bond acceptors (Lipinski definition) is 4. The SMILES string of the molecule is c1ccc(-c2ccc(-c3nc(-c4ccccc4)nc(-c4cccc5sc6cc7c(cc6c45)-c4cccc5cccc-7c45)n3)cc2)cc1. The van der Waals surface area contributed by atoms with Crippen LogP contribution in [-0.4, -0.2) is 15.0 Å². The number of benzene rings is 7. The molecule has 2 heterocycles. The van der Waals surface area contributed by atoms with Gasteiger partial charge in [0.05, 0.1) is 0 Å². The second-order valence-electron chi connectivity index (χ2n) is 12.0. The molecule has 10 rings (SSSR count). The van der Waals surface area contributed by atoms with Crippen LogP contribution in [0.15, 0.2) is 152 Å². The Balaban J connectivity index is 1.18. The van der Waals surface area contributed by atoms with E-state index in [2.05, 4.69) is 127 Å². The van der Waals surface area contributed by atoms with Crippen LogP contribution in [0.5, 0.6) is 0 Å². The Bertz CT molecular complexity index is 2650. The van der Waals surface area contributed by atoms with Crippen LogP contribution in [0.1, 0.15) is 0 Å². The molecule has 0 fully saturated rings. The van der Waals surface area contributed by atoms with Crippen LogP contribution in [0.4, 0.5) is 0 Å². The first-order valence-electron chi connectivity index (χ1n) is 15.8. The average Bonchev–Trinajstić information content (AvgIpc) is 3.67. The predicted octanol–water partition coefficient (Wildman–Crippen LogP) is 11.7. The lowest BCUT2D eigenvalue weighted by Gasteiger charge is -2.10. The fourth-order valence-electron chi connectivity index (χ4n) is 7.08. The van der Waals surface area contributed by atoms with Gasteiger partial charge in [-0.25, -0.2) is 15.0 Å². The first kappa shape index (κ1) is 26.3. The Hall–Kier alpha value is -5.97. The molecule has 47 heavy (non-hydrogen) atoms. The van der Waals surface area contributed by atoms with Gasteiger partial charge in [0.25, 0.3) is 0 Å². The topological polar surface area (TPSA) is 38.7 Å². The van der Waals surface area contributed by atoms with Gasteiger partial charge >= 0.3 is 0 Å². The summed E-state index contributed by atoms with van der Waals surface area (Å²) in [5, 5.41) is 5.06. The quantitative estimate of drug-likeness (QED) is 0.198. The molecule has 0 saturated heterocycles. The van der Waals surface area contributed by atoms with Crippen molar-refractivity contribution in [1.82, 2.24) is 15.0 Å². The van der Waals surface area contributed by atoms with Crippen LogP contribution in [0.25, 0.3) is 98.5 Å². The smallest absolute Gasteiger partial charge is 0.164 e. The van der Waals surface area contributed by atoms with Crippen molar-refractivity contribution in [2.75, 3.05) is 0 Å². The highest BCUT2D eigenvalue weighted by molar-refractivity contribution is 7.26. The van der Waals surface area contributed by atoms with Gasteiger partial charge in [0.1, 0.15) is 0 Å². The zero-order valence-electron chi connectivity index (χ0n) is 25.2. The van der Waals surface area contributed by atoms with Crippen LogP contribution in [-0.2, 0) is 0 Å². The molecule has 2 aromatic heterocycles. The van der Waals surface area contributed by atoms with Crippen molar-refractivity contribution in [3.05, 3.63) is 152 Å². The highest BCUT2D eigenvalue weighted by atomic mass is 32.1. The first-order valence-corrected chi connectivity index (χ1v) is 16.6. The molecule has 218 valence electrons. The van der Waals surface area contributed by atoms with Gasteiger partial charge in [-0.2, -0.15) is 0 Å². The summed E-state index contributed by atoms with van der Waals surface area (Å²) in [6.45, 7) is 0. The van der Waals surface area contributed by atoms with E-state index in [1.807, 2.05) is 35.6 Å². The fraction of sp³-hybridized carbons (Fsp3) is 0. The number of aromatic nitrogens is 3. The maximum Gasteiger partial charge on any atom is 0.164 e. The summed E-state index contributed by atoms with van der Waals surface area (Å²) in [5.74, 6) is 2.00. The first-order chi connectivity index (χ1) is 23.3. The second kappa shape index (κ2) is 10.3. The molecular weight excluding hydrogens is 591 g/mol. The van der Waals surface area contributed by atoms with Crippen molar-refractivity contribution < 1.29 is 0 Å². The monoisotopic (exact) mass is 615 g/mol. The maximum absolute atomic E-state index is 5.16. The highest BCUT2D eigenvalue weighted by Crippen LogP contribution is 2.51. The number of fused-ring (bicyclic) bond motifs is 6. The van der Waals surface area contributed by atoms with Gasteiger partial charge in [0.15, 0.2) is 17.5 Å². The van der Waals surface area contributed by atoms with E-state index in [9.17, 15) is 0 Å². The van der Waals surface area contributed by atoms with Gasteiger partial charge in [-0.15, -0.1) is 11.3 Å². The number of hydrogen-bond donors (Lipinski definition) is 0. The van der Waals surface area contributed by atoms with Crippen molar-refractivity contribution in [3.63, 3.8) is 0 Å². The van der Waals surface area contributed by atoms with Gasteiger partial charge in [0.2, 0.25) is 0 Å². The third kappa shape index (κ3) is 4.16. The van der Waals surface area contributed by atoms with Crippen molar-refractivity contribution in [1.29, 1.82) is 0 Å². The largest absolute Gasteiger partial charge is 0.208 e. The molecule has 0 radical (unpaired) electrons. The van der Waals surface area contributed by atoms with Crippen LogP contribution in [0.2, 0.25) is 0 Å². The van der Waals surface area contributed by atoms with E-state index in [4.69, 9.17) is 15.0 Å². The second-order valence-corrected chi connectivity index (χ2v) is 13.1. The number of rotatable bonds is 4. The maximum atomic E-state index is 5.16. The van der Waals surface area contributed by atoms with Crippen LogP contribution in [0, 0.1) is 0 Å². The summed E-state index contributed by atoms with van der Waals surface area (Å²) >= 11 is 1.83. The highest BCUT2D eigenvalue weighted by Gasteiger charge is 2.24. The van der Waals surface area contributed by atoms with Gasteiger partial charge in [0, 0.05) is 36.9 Å². The van der Waals surface area contributed by atoms with Crippen LogP contribution < -0.4 is 0 Å². The lowest BCUT2D eigenvalue weighted by atomic mass is 9.99. The predicted molar refractivity (Wildman–Crippen MR) is 196 cm³/mol. The van der Waals surface area contributed by atoms with Gasteiger partial charge in [-0.1, -0.05) is 133 Å². The summed E-state index contributed by atoms with van der Waals surface area (Å²) in [5.41, 5.74) is 10.5. The Morgan fingerprint density at radius 2 is 0.872 bits per heavy atom. The van der Waals surface area contributed by atoms with Gasteiger partial charge in [-0.3, -0.25) is 0 Å². The Morgan fingerprint density at radius 1 is 0.340 bits per heavy atom. The molecule has 0 atom stereocenters. The minimum atomic E-state index is 0.660. The lowest BCUT2D eigenvalue weighted by Crippen LogP contribution is -2.00. The summed E-state index contributed by atoms with van der Waals surface area (Å²) in [7, 11) is 0. The van der Waals surface area contributed by atoms with E-state index < -0.39 is 0 Å². The Kier molecular flexibility index (Phi) is 5.74. The molecule has 0 spiro atoms. The van der Waals surface area contributed by atoms with Gasteiger partial charge < -0.3 is 0 Å². The molecule has 0 amide bonds. The molecule has 7 aromatic carbocycles. The molecule has 0 aliphatic heterocycles. The summed E-state index contributed by atoms with van der Waals surface area (Å²) in [6.07, 6.45) is 0. The zero-order chi connectivity index (χ0) is 30.9. The fourth-order valence-corrected chi connectivity index (χ4v) is 8.23. The minimum absolute atomic E-state index is 0.660. The standard InChI is InChI=1S/C43H25N3S/c1-3-10-26(11-4-1)27-20-22-30(23-21-27)42-44-41(29-12-5-2-6-13-29)45-43(46-42)33-18-9-19-37-40(33)36-24-34-31-16-7-14-28-15-8-17-32(39(28)31)35(34)25-38(36)47-37/h1-25H. The molecule has 0 N–H and O–H groups in total. The molecule has 4 heteroatoms. The normalized spacial score (nSPS) is 11.8. The van der Waals surface area contributed by atoms with Crippen molar-refractivity contribution in [3.8, 4) is 67.5 Å². The Morgan fingerprint density at radius 3 is 1.57 bits per heavy atom. The van der Waals surface area contributed by atoms with Crippen molar-refractivity contribution >= 4 is 42.3 Å². The molecule has 0 unspecified atom stereocenters. The van der Waals surface area contributed by atoms with Crippen molar-refractivity contribution in [2.24, 2.45) is 0 Å². The van der Waals surface area contributed by atoms with Gasteiger partial charge in [-0.05, 0) is 62.4 Å². The number of nitrogens with zero attached hydrogens (tertiary/aromatic N) is 3. The molecule has 9 aromatic rings. The zero-order valence-corrected chi connectivity index (χ0v) is 26.0. The van der Waals surface area contributed by atoms with E-state index in [1.54, 1.807) is 0 Å². The van der Waals surface area contributed by atoms with E-state index >= 15 is 0 Å². The molecule has 1 aliphatic carbocycles. The van der Waals surface area contributed by atoms with Crippen molar-refractivity contribution in [2.45, 2.75) is 0 Å². The van der Waals surface area contributed by atoms with E-state index in [-0.39, 0.29) is 0 Å². The summed E-state index contributed by atoms with van der Waals surface area (Å²) in [4.78, 5) is 15.3. The average molecular weight is 616 g/mol. The van der Waals surface area contributed by atoms with Crippen LogP contribution >= 0.6 is 11.3 Å². The molecule has 3 nitrogen and oxygen atoms in total. The lowest BCUT2D eigenvalue weighted by molar-refractivity contribution is 1.08. The van der Waals surface area contributed by atoms with Crippen LogP contribution in [0.3, 0.4) is 0 Å². The van der Waals surface area contributed by atoms with E-state index in [0.717, 1.165) is 22.3 Å². The molecular formula is C43H25N3S.